The number of carbonyl (C=O) groups is 3. The Kier molecular flexibility index (Phi) is 13.2. The van der Waals surface area contributed by atoms with Crippen molar-refractivity contribution in [3.05, 3.63) is 94.5 Å². The van der Waals surface area contributed by atoms with Gasteiger partial charge in [-0.05, 0) is 72.9 Å². The van der Waals surface area contributed by atoms with E-state index in [0.717, 1.165) is 29.7 Å². The monoisotopic (exact) mass is 604 g/mol. The normalized spacial score (nSPS) is 12.2. The molecule has 0 saturated carbocycles. The summed E-state index contributed by atoms with van der Waals surface area (Å²) in [7, 11) is 3.19. The third-order valence-corrected chi connectivity index (χ3v) is 7.21. The van der Waals surface area contributed by atoms with Crippen LogP contribution < -0.4 is 25.8 Å². The highest BCUT2D eigenvalue weighted by Crippen LogP contribution is 2.17. The number of hydrogen-bond acceptors (Lipinski definition) is 7. The average Bonchev–Trinajstić information content (AvgIpc) is 3.04. The van der Waals surface area contributed by atoms with Gasteiger partial charge in [0.15, 0.2) is 0 Å². The van der Waals surface area contributed by atoms with E-state index < -0.39 is 24.0 Å². The maximum absolute atomic E-state index is 13.6. The van der Waals surface area contributed by atoms with Crippen LogP contribution in [0.4, 0.5) is 0 Å². The lowest BCUT2D eigenvalue weighted by atomic mass is 9.99. The lowest BCUT2D eigenvalue weighted by Crippen LogP contribution is -2.48. The highest BCUT2D eigenvalue weighted by Gasteiger charge is 2.25. The smallest absolute Gasteiger partial charge is 0.253 e. The highest BCUT2D eigenvalue weighted by molar-refractivity contribution is 6.04. The van der Waals surface area contributed by atoms with E-state index in [1.54, 1.807) is 19.1 Å². The van der Waals surface area contributed by atoms with Crippen LogP contribution in [0.2, 0.25) is 0 Å². The fourth-order valence-corrected chi connectivity index (χ4v) is 4.90. The van der Waals surface area contributed by atoms with Gasteiger partial charge in [0.1, 0.15) is 11.5 Å². The molecule has 0 saturated heterocycles. The first kappa shape index (κ1) is 34.1. The Hall–Kier alpha value is -4.41. The van der Waals surface area contributed by atoms with Crippen molar-refractivity contribution in [2.75, 3.05) is 33.9 Å². The van der Waals surface area contributed by atoms with Crippen LogP contribution in [-0.4, -0.2) is 73.7 Å². The number of nitrogens with two attached hydrogens (primary N) is 1. The van der Waals surface area contributed by atoms with Crippen LogP contribution in [-0.2, 0) is 13.0 Å². The zero-order chi connectivity index (χ0) is 32.1. The Bertz CT molecular complexity index is 1390. The Balaban J connectivity index is 1.85. The second kappa shape index (κ2) is 17.0. The van der Waals surface area contributed by atoms with Gasteiger partial charge in [-0.2, -0.15) is 0 Å². The van der Waals surface area contributed by atoms with Gasteiger partial charge in [-0.15, -0.1) is 0 Å². The molecule has 3 aromatic rings. The molecule has 0 aliphatic rings. The summed E-state index contributed by atoms with van der Waals surface area (Å²) in [4.78, 5) is 40.9. The molecule has 0 radical (unpaired) electrons. The fraction of sp³-hybridized carbons (Fsp3) is 0.382. The van der Waals surface area contributed by atoms with E-state index in [1.165, 1.54) is 18.2 Å². The van der Waals surface area contributed by atoms with E-state index in [2.05, 4.69) is 10.6 Å². The van der Waals surface area contributed by atoms with Crippen molar-refractivity contribution in [2.45, 2.75) is 51.8 Å². The minimum atomic E-state index is -0.975. The molecule has 0 aromatic heterocycles. The number of methoxy groups -OCH3 is 2. The van der Waals surface area contributed by atoms with Crippen LogP contribution >= 0.6 is 0 Å². The Labute approximate surface area is 259 Å². The first-order valence-electron chi connectivity index (χ1n) is 14.9. The zero-order valence-corrected chi connectivity index (χ0v) is 26.0. The minimum Gasteiger partial charge on any atom is -0.497 e. The molecule has 0 fully saturated rings. The lowest BCUT2D eigenvalue weighted by Gasteiger charge is -2.25. The quantitative estimate of drug-likeness (QED) is 0.185. The van der Waals surface area contributed by atoms with Gasteiger partial charge in [-0.25, -0.2) is 0 Å². The van der Waals surface area contributed by atoms with Gasteiger partial charge >= 0.3 is 0 Å². The molecule has 5 N–H and O–H groups in total. The number of nitrogens with zero attached hydrogens (tertiary/aromatic N) is 1. The van der Waals surface area contributed by atoms with E-state index in [4.69, 9.17) is 15.2 Å². The van der Waals surface area contributed by atoms with E-state index in [-0.39, 0.29) is 29.1 Å². The van der Waals surface area contributed by atoms with Crippen molar-refractivity contribution in [3.8, 4) is 11.5 Å². The number of rotatable bonds is 17. The Morgan fingerprint density at radius 2 is 1.48 bits per heavy atom. The molecule has 0 aliphatic heterocycles. The van der Waals surface area contributed by atoms with Gasteiger partial charge < -0.3 is 35.8 Å². The Morgan fingerprint density at radius 3 is 2.09 bits per heavy atom. The van der Waals surface area contributed by atoms with Crippen molar-refractivity contribution >= 4 is 17.7 Å². The fourth-order valence-electron chi connectivity index (χ4n) is 4.90. The van der Waals surface area contributed by atoms with E-state index >= 15 is 0 Å². The molecule has 0 unspecified atom stereocenters. The van der Waals surface area contributed by atoms with Crippen molar-refractivity contribution in [1.29, 1.82) is 0 Å². The summed E-state index contributed by atoms with van der Waals surface area (Å²) in [5, 5.41) is 17.4. The van der Waals surface area contributed by atoms with E-state index in [9.17, 15) is 19.5 Å². The van der Waals surface area contributed by atoms with Crippen molar-refractivity contribution in [2.24, 2.45) is 5.73 Å². The Morgan fingerprint density at radius 1 is 0.841 bits per heavy atom. The topological polar surface area (TPSA) is 143 Å². The predicted molar refractivity (Wildman–Crippen MR) is 170 cm³/mol. The summed E-state index contributed by atoms with van der Waals surface area (Å²) in [6, 6.07) is 18.5. The number of benzene rings is 3. The summed E-state index contributed by atoms with van der Waals surface area (Å²) < 4.78 is 10.5. The average molecular weight is 605 g/mol. The van der Waals surface area contributed by atoms with Gasteiger partial charge in [-0.1, -0.05) is 38.1 Å². The molecule has 10 heteroatoms. The molecule has 3 rings (SSSR count). The van der Waals surface area contributed by atoms with E-state index in [1.807, 2.05) is 62.4 Å². The number of hydrogen-bond donors (Lipinski definition) is 4. The highest BCUT2D eigenvalue weighted by atomic mass is 16.5. The van der Waals surface area contributed by atoms with Gasteiger partial charge in [0, 0.05) is 42.9 Å². The molecular weight excluding hydrogens is 560 g/mol. The zero-order valence-electron chi connectivity index (χ0n) is 26.0. The number of ether oxygens (including phenoxy) is 2. The second-order valence-corrected chi connectivity index (χ2v) is 10.6. The third-order valence-electron chi connectivity index (χ3n) is 7.21. The SMILES string of the molecule is CCCN(CCC)C(=O)c1cc(C(N)=O)cc(C(=O)N[C@@H](Cc2ccc(OC)cc2)[C@H](O)CNCc2cccc(OC)c2)c1. The summed E-state index contributed by atoms with van der Waals surface area (Å²) in [6.07, 6.45) is 0.882. The van der Waals surface area contributed by atoms with Crippen LogP contribution in [0.1, 0.15) is 68.9 Å². The number of carbonyl (C=O) groups excluding carboxylic acids is 3. The first-order valence-corrected chi connectivity index (χ1v) is 14.9. The molecule has 10 nitrogen and oxygen atoms in total. The van der Waals surface area contributed by atoms with Crippen molar-refractivity contribution < 1.29 is 29.0 Å². The van der Waals surface area contributed by atoms with Gasteiger partial charge in [0.2, 0.25) is 5.91 Å². The van der Waals surface area contributed by atoms with Crippen LogP contribution in [0.15, 0.2) is 66.7 Å². The summed E-state index contributed by atoms with van der Waals surface area (Å²) >= 11 is 0. The molecule has 0 spiro atoms. The molecule has 3 aromatic carbocycles. The van der Waals surface area contributed by atoms with Crippen LogP contribution in [0.25, 0.3) is 0 Å². The van der Waals surface area contributed by atoms with Crippen LogP contribution in [0, 0.1) is 0 Å². The molecular formula is C34H44N4O6. The van der Waals surface area contributed by atoms with Gasteiger partial charge in [-0.3, -0.25) is 14.4 Å². The molecule has 3 amide bonds. The van der Waals surface area contributed by atoms with Gasteiger partial charge in [0.25, 0.3) is 11.8 Å². The predicted octanol–water partition coefficient (Wildman–Crippen LogP) is 3.56. The first-order chi connectivity index (χ1) is 21.2. The number of aliphatic hydroxyl groups excluding tert-OH is 1. The number of primary amides is 1. The number of amides is 3. The minimum absolute atomic E-state index is 0.0566. The molecule has 0 heterocycles. The van der Waals surface area contributed by atoms with Crippen LogP contribution in [0.3, 0.4) is 0 Å². The van der Waals surface area contributed by atoms with Crippen molar-refractivity contribution in [3.63, 3.8) is 0 Å². The molecule has 0 aliphatic carbocycles. The second-order valence-electron chi connectivity index (χ2n) is 10.6. The van der Waals surface area contributed by atoms with Crippen LogP contribution in [0.5, 0.6) is 11.5 Å². The summed E-state index contributed by atoms with van der Waals surface area (Å²) in [5.41, 5.74) is 7.80. The van der Waals surface area contributed by atoms with Gasteiger partial charge in [0.05, 0.1) is 26.4 Å². The molecule has 44 heavy (non-hydrogen) atoms. The van der Waals surface area contributed by atoms with Crippen molar-refractivity contribution in [1.82, 2.24) is 15.5 Å². The lowest BCUT2D eigenvalue weighted by molar-refractivity contribution is 0.0755. The number of nitrogens with one attached hydrogen (secondary N) is 2. The molecule has 0 bridgehead atoms. The summed E-state index contributed by atoms with van der Waals surface area (Å²) in [5.74, 6) is -0.135. The van der Waals surface area contributed by atoms with E-state index in [0.29, 0.717) is 31.8 Å². The summed E-state index contributed by atoms with van der Waals surface area (Å²) in [6.45, 7) is 5.73. The number of aliphatic hydroxyl groups is 1. The third kappa shape index (κ3) is 9.82. The maximum Gasteiger partial charge on any atom is 0.253 e. The molecule has 236 valence electrons. The molecule has 2 atom stereocenters. The standard InChI is InChI=1S/C34H44N4O6/c1-5-14-38(15-6-2)34(42)27-19-25(32(35)40)18-26(20-27)33(41)37-30(17-23-10-12-28(43-3)13-11-23)31(39)22-36-21-24-8-7-9-29(16-24)44-4/h7-13,16,18-20,30-31,36,39H,5-6,14-15,17,21-22H2,1-4H3,(H2,35,40)(H,37,41)/t30-,31+/m0/s1. The maximum atomic E-state index is 13.6. The largest absolute Gasteiger partial charge is 0.497 e.